The summed E-state index contributed by atoms with van der Waals surface area (Å²) in [6.07, 6.45) is 2.81. The molecular weight excluding hydrogens is 266 g/mol. The molecule has 7 heteroatoms. The van der Waals surface area contributed by atoms with Crippen molar-refractivity contribution in [3.8, 4) is 0 Å². The molecule has 0 saturated carbocycles. The van der Waals surface area contributed by atoms with Crippen LogP contribution in [0.3, 0.4) is 0 Å². The van der Waals surface area contributed by atoms with E-state index in [0.717, 1.165) is 6.07 Å². The Balaban J connectivity index is 2.94. The van der Waals surface area contributed by atoms with Gasteiger partial charge in [0.25, 0.3) is 5.69 Å². The number of nitrogens with zero attached hydrogens (tertiary/aromatic N) is 1. The van der Waals surface area contributed by atoms with Crippen LogP contribution in [0.2, 0.25) is 0 Å². The van der Waals surface area contributed by atoms with E-state index in [1.807, 2.05) is 0 Å². The Morgan fingerprint density at radius 2 is 2.15 bits per heavy atom. The van der Waals surface area contributed by atoms with Crippen LogP contribution in [0, 0.1) is 10.1 Å². The summed E-state index contributed by atoms with van der Waals surface area (Å²) in [6, 6.07) is 3.56. The maximum Gasteiger partial charge on any atom is 0.335 e. The number of hydrogen-bond acceptors (Lipinski definition) is 5. The lowest BCUT2D eigenvalue weighted by atomic mass is 10.1. The van der Waals surface area contributed by atoms with Gasteiger partial charge in [0.05, 0.1) is 29.1 Å². The van der Waals surface area contributed by atoms with Gasteiger partial charge < -0.3 is 9.84 Å². The van der Waals surface area contributed by atoms with Crippen molar-refractivity contribution >= 4 is 23.7 Å². The van der Waals surface area contributed by atoms with E-state index in [1.54, 1.807) is 6.92 Å². The maximum absolute atomic E-state index is 11.1. The molecule has 0 heterocycles. The predicted molar refractivity (Wildman–Crippen MR) is 70.3 cm³/mol. The molecule has 1 rings (SSSR count). The number of carboxylic acid groups (broad SMARTS) is 1. The van der Waals surface area contributed by atoms with E-state index < -0.39 is 16.9 Å². The zero-order valence-electron chi connectivity index (χ0n) is 10.7. The van der Waals surface area contributed by atoms with E-state index >= 15 is 0 Å². The number of aromatic carboxylic acids is 1. The van der Waals surface area contributed by atoms with Crippen molar-refractivity contribution in [3.63, 3.8) is 0 Å². The number of nitro benzene ring substituents is 1. The van der Waals surface area contributed by atoms with Crippen LogP contribution < -0.4 is 0 Å². The fourth-order valence-corrected chi connectivity index (χ4v) is 1.48. The molecule has 0 saturated heterocycles. The number of carbonyl (C=O) groups is 2. The molecule has 0 unspecified atom stereocenters. The second kappa shape index (κ2) is 7.03. The van der Waals surface area contributed by atoms with E-state index in [0.29, 0.717) is 0 Å². The van der Waals surface area contributed by atoms with Crippen LogP contribution in [-0.2, 0) is 9.53 Å². The number of benzene rings is 1. The Hall–Kier alpha value is -2.70. The van der Waals surface area contributed by atoms with Gasteiger partial charge in [-0.05, 0) is 19.1 Å². The standard InChI is InChI=1S/C13H13NO6/c1-2-20-12(15)5-3-4-9-6-7-10(13(16)17)8-11(9)14(18)19/h3-4,6-8H,2,5H2,1H3,(H,16,17). The van der Waals surface area contributed by atoms with Crippen LogP contribution >= 0.6 is 0 Å². The SMILES string of the molecule is CCOC(=O)CC=Cc1ccc(C(=O)O)cc1[N+](=O)[O-]. The predicted octanol–water partition coefficient (Wildman–Crippen LogP) is 2.26. The first-order chi connectivity index (χ1) is 9.45. The Labute approximate surface area is 114 Å². The summed E-state index contributed by atoms with van der Waals surface area (Å²) in [6.45, 7) is 1.94. The summed E-state index contributed by atoms with van der Waals surface area (Å²) >= 11 is 0. The molecule has 0 aliphatic carbocycles. The van der Waals surface area contributed by atoms with Crippen LogP contribution in [0.25, 0.3) is 6.08 Å². The van der Waals surface area contributed by atoms with Crippen LogP contribution in [0.5, 0.6) is 0 Å². The molecule has 7 nitrogen and oxygen atoms in total. The van der Waals surface area contributed by atoms with Crippen molar-refractivity contribution in [2.24, 2.45) is 0 Å². The zero-order chi connectivity index (χ0) is 15.1. The van der Waals surface area contributed by atoms with Crippen molar-refractivity contribution in [2.75, 3.05) is 6.61 Å². The number of nitro groups is 1. The van der Waals surface area contributed by atoms with Gasteiger partial charge in [-0.3, -0.25) is 14.9 Å². The van der Waals surface area contributed by atoms with Crippen molar-refractivity contribution in [1.82, 2.24) is 0 Å². The summed E-state index contributed by atoms with van der Waals surface area (Å²) in [5.41, 5.74) is -0.270. The zero-order valence-corrected chi connectivity index (χ0v) is 10.7. The summed E-state index contributed by atoms with van der Waals surface area (Å²) < 4.78 is 4.71. The molecule has 0 radical (unpaired) electrons. The van der Waals surface area contributed by atoms with Crippen LogP contribution in [0.15, 0.2) is 24.3 Å². The van der Waals surface area contributed by atoms with Gasteiger partial charge >= 0.3 is 11.9 Å². The van der Waals surface area contributed by atoms with E-state index in [1.165, 1.54) is 24.3 Å². The number of esters is 1. The first-order valence-electron chi connectivity index (χ1n) is 5.79. The highest BCUT2D eigenvalue weighted by Gasteiger charge is 2.15. The Morgan fingerprint density at radius 1 is 1.45 bits per heavy atom. The van der Waals surface area contributed by atoms with Gasteiger partial charge in [-0.25, -0.2) is 4.79 Å². The number of rotatable bonds is 6. The molecule has 1 aromatic rings. The van der Waals surface area contributed by atoms with Gasteiger partial charge in [-0.1, -0.05) is 12.2 Å². The second-order valence-corrected chi connectivity index (χ2v) is 3.75. The monoisotopic (exact) mass is 279 g/mol. The summed E-state index contributed by atoms with van der Waals surface area (Å²) in [5, 5.41) is 19.7. The van der Waals surface area contributed by atoms with Gasteiger partial charge in [0.2, 0.25) is 0 Å². The minimum Gasteiger partial charge on any atom is -0.478 e. The second-order valence-electron chi connectivity index (χ2n) is 3.75. The number of carbonyl (C=O) groups excluding carboxylic acids is 1. The van der Waals surface area contributed by atoms with Crippen LogP contribution in [0.1, 0.15) is 29.3 Å². The van der Waals surface area contributed by atoms with Gasteiger partial charge in [-0.2, -0.15) is 0 Å². The number of hydrogen-bond donors (Lipinski definition) is 1. The molecule has 0 aromatic heterocycles. The largest absolute Gasteiger partial charge is 0.478 e. The molecular formula is C13H13NO6. The summed E-state index contributed by atoms with van der Waals surface area (Å²) in [7, 11) is 0. The molecule has 0 fully saturated rings. The maximum atomic E-state index is 11.1. The lowest BCUT2D eigenvalue weighted by Crippen LogP contribution is -2.01. The van der Waals surface area contributed by atoms with E-state index in [-0.39, 0.29) is 29.8 Å². The first kappa shape index (κ1) is 15.4. The minimum absolute atomic E-state index is 0.00826. The van der Waals surface area contributed by atoms with Crippen LogP contribution in [0.4, 0.5) is 5.69 Å². The quantitative estimate of drug-likeness (QED) is 0.486. The van der Waals surface area contributed by atoms with Gasteiger partial charge in [0, 0.05) is 6.07 Å². The highest BCUT2D eigenvalue weighted by molar-refractivity contribution is 5.89. The Bertz CT molecular complexity index is 564. The van der Waals surface area contributed by atoms with E-state index in [4.69, 9.17) is 9.84 Å². The molecule has 1 aromatic carbocycles. The van der Waals surface area contributed by atoms with Gasteiger partial charge in [-0.15, -0.1) is 0 Å². The highest BCUT2D eigenvalue weighted by Crippen LogP contribution is 2.22. The first-order valence-corrected chi connectivity index (χ1v) is 5.79. The smallest absolute Gasteiger partial charge is 0.335 e. The third kappa shape index (κ3) is 4.20. The third-order valence-corrected chi connectivity index (χ3v) is 2.36. The molecule has 0 spiro atoms. The topological polar surface area (TPSA) is 107 Å². The summed E-state index contributed by atoms with van der Waals surface area (Å²) in [5.74, 6) is -1.68. The molecule has 0 bridgehead atoms. The minimum atomic E-state index is -1.24. The molecule has 1 N–H and O–H groups in total. The average molecular weight is 279 g/mol. The highest BCUT2D eigenvalue weighted by atomic mass is 16.6. The Morgan fingerprint density at radius 3 is 2.70 bits per heavy atom. The molecule has 20 heavy (non-hydrogen) atoms. The normalized spacial score (nSPS) is 10.4. The van der Waals surface area contributed by atoms with Crippen molar-refractivity contribution in [1.29, 1.82) is 0 Å². The average Bonchev–Trinajstić information content (AvgIpc) is 2.38. The van der Waals surface area contributed by atoms with Crippen molar-refractivity contribution in [2.45, 2.75) is 13.3 Å². The molecule has 0 amide bonds. The lowest BCUT2D eigenvalue weighted by molar-refractivity contribution is -0.385. The van der Waals surface area contributed by atoms with Crippen molar-refractivity contribution in [3.05, 3.63) is 45.5 Å². The summed E-state index contributed by atoms with van der Waals surface area (Å²) in [4.78, 5) is 32.1. The molecule has 0 aliphatic heterocycles. The van der Waals surface area contributed by atoms with Crippen LogP contribution in [-0.4, -0.2) is 28.6 Å². The molecule has 0 aliphatic rings. The number of ether oxygens (including phenoxy) is 1. The van der Waals surface area contributed by atoms with E-state index in [9.17, 15) is 19.7 Å². The number of carboxylic acids is 1. The third-order valence-electron chi connectivity index (χ3n) is 2.36. The molecule has 0 atom stereocenters. The van der Waals surface area contributed by atoms with E-state index in [2.05, 4.69) is 0 Å². The lowest BCUT2D eigenvalue weighted by Gasteiger charge is -2.00. The van der Waals surface area contributed by atoms with Gasteiger partial charge in [0.15, 0.2) is 0 Å². The Kier molecular flexibility index (Phi) is 5.40. The van der Waals surface area contributed by atoms with Gasteiger partial charge in [0.1, 0.15) is 0 Å². The molecule has 106 valence electrons. The fraction of sp³-hybridized carbons (Fsp3) is 0.231. The van der Waals surface area contributed by atoms with Crippen molar-refractivity contribution < 1.29 is 24.4 Å². The fourth-order valence-electron chi connectivity index (χ4n) is 1.48.